The van der Waals surface area contributed by atoms with Crippen LogP contribution >= 0.6 is 0 Å². The van der Waals surface area contributed by atoms with Crippen LogP contribution in [0.3, 0.4) is 0 Å². The third-order valence-electron chi connectivity index (χ3n) is 5.09. The second-order valence-corrected chi connectivity index (χ2v) is 7.24. The number of fused-ring (bicyclic) bond motifs is 1. The number of H-pyrrole nitrogens is 1. The van der Waals surface area contributed by atoms with Crippen molar-refractivity contribution in [1.29, 1.82) is 0 Å². The highest BCUT2D eigenvalue weighted by molar-refractivity contribution is 5.77. The predicted octanol–water partition coefficient (Wildman–Crippen LogP) is 4.43. The highest BCUT2D eigenvalue weighted by Gasteiger charge is 2.16. The van der Waals surface area contributed by atoms with Crippen molar-refractivity contribution in [3.8, 4) is 0 Å². The SMILES string of the molecule is Cc1ccccc1CN(Cc1cccnc1)C(=O)CCc1nc2ccccc2[nH]1. The fraction of sp³-hybridized carbons (Fsp3) is 0.208. The summed E-state index contributed by atoms with van der Waals surface area (Å²) in [6.07, 6.45) is 4.56. The number of imidazole rings is 1. The Morgan fingerprint density at radius 2 is 1.83 bits per heavy atom. The number of aryl methyl sites for hydroxylation is 2. The Bertz CT molecular complexity index is 1070. The summed E-state index contributed by atoms with van der Waals surface area (Å²) in [4.78, 5) is 27.1. The molecule has 0 aliphatic rings. The van der Waals surface area contributed by atoms with E-state index in [-0.39, 0.29) is 5.91 Å². The maximum absolute atomic E-state index is 13.1. The van der Waals surface area contributed by atoms with E-state index in [1.54, 1.807) is 6.20 Å². The molecule has 4 aromatic rings. The Kier molecular flexibility index (Phi) is 5.66. The van der Waals surface area contributed by atoms with Gasteiger partial charge >= 0.3 is 0 Å². The molecule has 29 heavy (non-hydrogen) atoms. The third-order valence-corrected chi connectivity index (χ3v) is 5.09. The number of benzene rings is 2. The molecule has 0 atom stereocenters. The first kappa shape index (κ1) is 18.9. The lowest BCUT2D eigenvalue weighted by atomic mass is 10.1. The molecule has 0 radical (unpaired) electrons. The van der Waals surface area contributed by atoms with Gasteiger partial charge in [0.1, 0.15) is 5.82 Å². The molecule has 2 aromatic heterocycles. The van der Waals surface area contributed by atoms with E-state index in [0.717, 1.165) is 28.0 Å². The molecule has 0 aliphatic heterocycles. The molecule has 0 spiro atoms. The monoisotopic (exact) mass is 384 g/mol. The highest BCUT2D eigenvalue weighted by atomic mass is 16.2. The first-order valence-corrected chi connectivity index (χ1v) is 9.84. The number of carbonyl (C=O) groups is 1. The zero-order valence-corrected chi connectivity index (χ0v) is 16.5. The van der Waals surface area contributed by atoms with Crippen LogP contribution in [0.25, 0.3) is 11.0 Å². The fourth-order valence-electron chi connectivity index (χ4n) is 3.44. The summed E-state index contributed by atoms with van der Waals surface area (Å²) >= 11 is 0. The van der Waals surface area contributed by atoms with Crippen molar-refractivity contribution in [3.05, 3.63) is 95.6 Å². The Morgan fingerprint density at radius 1 is 1.00 bits per heavy atom. The predicted molar refractivity (Wildman–Crippen MR) is 114 cm³/mol. The zero-order chi connectivity index (χ0) is 20.1. The van der Waals surface area contributed by atoms with Crippen LogP contribution in [0.15, 0.2) is 73.1 Å². The van der Waals surface area contributed by atoms with Gasteiger partial charge in [-0.3, -0.25) is 9.78 Å². The number of pyridine rings is 1. The first-order valence-electron chi connectivity index (χ1n) is 9.84. The fourth-order valence-corrected chi connectivity index (χ4v) is 3.44. The molecule has 4 rings (SSSR count). The van der Waals surface area contributed by atoms with E-state index in [4.69, 9.17) is 0 Å². The lowest BCUT2D eigenvalue weighted by Gasteiger charge is -2.24. The van der Waals surface area contributed by atoms with Crippen molar-refractivity contribution >= 4 is 16.9 Å². The molecular weight excluding hydrogens is 360 g/mol. The van der Waals surface area contributed by atoms with Crippen LogP contribution in [0.2, 0.25) is 0 Å². The van der Waals surface area contributed by atoms with E-state index in [1.165, 1.54) is 5.56 Å². The molecule has 2 aromatic carbocycles. The summed E-state index contributed by atoms with van der Waals surface area (Å²) in [5, 5.41) is 0. The number of carbonyl (C=O) groups excluding carboxylic acids is 1. The first-order chi connectivity index (χ1) is 14.2. The van der Waals surface area contributed by atoms with Crippen LogP contribution in [0.4, 0.5) is 0 Å². The molecule has 0 bridgehead atoms. The minimum atomic E-state index is 0.109. The van der Waals surface area contributed by atoms with Gasteiger partial charge in [-0.2, -0.15) is 0 Å². The summed E-state index contributed by atoms with van der Waals surface area (Å²) in [5.41, 5.74) is 5.31. The molecule has 5 nitrogen and oxygen atoms in total. The molecule has 2 heterocycles. The van der Waals surface area contributed by atoms with Gasteiger partial charge in [0.25, 0.3) is 0 Å². The van der Waals surface area contributed by atoms with Crippen molar-refractivity contribution in [2.45, 2.75) is 32.9 Å². The van der Waals surface area contributed by atoms with Gasteiger partial charge in [0.2, 0.25) is 5.91 Å². The molecule has 0 saturated heterocycles. The van der Waals surface area contributed by atoms with Crippen molar-refractivity contribution in [1.82, 2.24) is 19.9 Å². The van der Waals surface area contributed by atoms with Crippen molar-refractivity contribution in [2.75, 3.05) is 0 Å². The van der Waals surface area contributed by atoms with E-state index < -0.39 is 0 Å². The van der Waals surface area contributed by atoms with Gasteiger partial charge in [-0.15, -0.1) is 0 Å². The third kappa shape index (κ3) is 4.69. The second-order valence-electron chi connectivity index (χ2n) is 7.24. The van der Waals surface area contributed by atoms with E-state index in [2.05, 4.69) is 34.0 Å². The highest BCUT2D eigenvalue weighted by Crippen LogP contribution is 2.16. The maximum Gasteiger partial charge on any atom is 0.223 e. The summed E-state index contributed by atoms with van der Waals surface area (Å²) in [5.74, 6) is 0.953. The van der Waals surface area contributed by atoms with E-state index in [9.17, 15) is 4.79 Å². The quantitative estimate of drug-likeness (QED) is 0.513. The summed E-state index contributed by atoms with van der Waals surface area (Å²) in [7, 11) is 0. The summed E-state index contributed by atoms with van der Waals surface area (Å²) in [6, 6.07) is 20.0. The van der Waals surface area contributed by atoms with Gasteiger partial charge in [-0.25, -0.2) is 4.98 Å². The smallest absolute Gasteiger partial charge is 0.223 e. The number of hydrogen-bond donors (Lipinski definition) is 1. The van der Waals surface area contributed by atoms with E-state index >= 15 is 0 Å². The Balaban J connectivity index is 1.49. The van der Waals surface area contributed by atoms with Crippen LogP contribution in [-0.4, -0.2) is 25.8 Å². The zero-order valence-electron chi connectivity index (χ0n) is 16.5. The van der Waals surface area contributed by atoms with Gasteiger partial charge in [0, 0.05) is 38.3 Å². The maximum atomic E-state index is 13.1. The number of nitrogens with one attached hydrogen (secondary N) is 1. The molecule has 146 valence electrons. The van der Waals surface area contributed by atoms with Crippen molar-refractivity contribution < 1.29 is 4.79 Å². The molecule has 1 N–H and O–H groups in total. The van der Waals surface area contributed by atoms with E-state index in [0.29, 0.717) is 25.9 Å². The van der Waals surface area contributed by atoms with Crippen molar-refractivity contribution in [3.63, 3.8) is 0 Å². The normalized spacial score (nSPS) is 10.9. The van der Waals surface area contributed by atoms with Crippen LogP contribution in [-0.2, 0) is 24.3 Å². The number of nitrogens with zero attached hydrogens (tertiary/aromatic N) is 3. The van der Waals surface area contributed by atoms with Gasteiger partial charge in [0.15, 0.2) is 0 Å². The summed E-state index contributed by atoms with van der Waals surface area (Å²) < 4.78 is 0. The standard InChI is InChI=1S/C24H24N4O/c1-18-7-2-3-9-20(18)17-28(16-19-8-6-14-25-15-19)24(29)13-12-23-26-21-10-4-5-11-22(21)27-23/h2-11,14-15H,12-13,16-17H2,1H3,(H,26,27). The minimum absolute atomic E-state index is 0.109. The Morgan fingerprint density at radius 3 is 2.62 bits per heavy atom. The number of amides is 1. The average molecular weight is 384 g/mol. The number of hydrogen-bond acceptors (Lipinski definition) is 3. The lowest BCUT2D eigenvalue weighted by Crippen LogP contribution is -2.30. The topological polar surface area (TPSA) is 61.9 Å². The second kappa shape index (κ2) is 8.69. The lowest BCUT2D eigenvalue weighted by molar-refractivity contribution is -0.132. The molecule has 0 unspecified atom stereocenters. The van der Waals surface area contributed by atoms with Crippen LogP contribution in [0.5, 0.6) is 0 Å². The van der Waals surface area contributed by atoms with Gasteiger partial charge < -0.3 is 9.88 Å². The Labute approximate surface area is 170 Å². The Hall–Kier alpha value is -3.47. The minimum Gasteiger partial charge on any atom is -0.342 e. The van der Waals surface area contributed by atoms with Crippen LogP contribution in [0.1, 0.15) is 28.9 Å². The number of aromatic amines is 1. The van der Waals surface area contributed by atoms with Crippen molar-refractivity contribution in [2.24, 2.45) is 0 Å². The molecule has 0 aliphatic carbocycles. The van der Waals surface area contributed by atoms with Gasteiger partial charge in [-0.05, 0) is 41.8 Å². The van der Waals surface area contributed by atoms with Crippen LogP contribution < -0.4 is 0 Å². The number of aromatic nitrogens is 3. The van der Waals surface area contributed by atoms with Gasteiger partial charge in [-0.1, -0.05) is 42.5 Å². The summed E-state index contributed by atoms with van der Waals surface area (Å²) in [6.45, 7) is 3.21. The molecule has 0 fully saturated rings. The van der Waals surface area contributed by atoms with E-state index in [1.807, 2.05) is 59.6 Å². The number of para-hydroxylation sites is 2. The van der Waals surface area contributed by atoms with Gasteiger partial charge in [0.05, 0.1) is 11.0 Å². The molecule has 0 saturated carbocycles. The molecule has 5 heteroatoms. The number of rotatable bonds is 7. The average Bonchev–Trinajstić information content (AvgIpc) is 3.17. The van der Waals surface area contributed by atoms with Crippen LogP contribution in [0, 0.1) is 6.92 Å². The largest absolute Gasteiger partial charge is 0.342 e. The molecule has 1 amide bonds. The molecular formula is C24H24N4O.